The van der Waals surface area contributed by atoms with Crippen LogP contribution in [0.4, 0.5) is 0 Å². The van der Waals surface area contributed by atoms with Gasteiger partial charge in [-0.05, 0) is 43.5 Å². The molecule has 5 nitrogen and oxygen atoms in total. The molecule has 1 saturated carbocycles. The second-order valence-corrected chi connectivity index (χ2v) is 7.87. The first-order valence-electron chi connectivity index (χ1n) is 7.12. The van der Waals surface area contributed by atoms with Crippen molar-refractivity contribution in [1.82, 2.24) is 4.31 Å². The van der Waals surface area contributed by atoms with Crippen molar-refractivity contribution in [2.45, 2.75) is 43.1 Å². The van der Waals surface area contributed by atoms with Crippen LogP contribution in [-0.2, 0) is 10.0 Å². The number of aryl methyl sites for hydroxylation is 1. The van der Waals surface area contributed by atoms with Gasteiger partial charge in [-0.3, -0.25) is 0 Å². The molecule has 1 aromatic rings. The number of aliphatic hydroxyl groups is 1. The van der Waals surface area contributed by atoms with E-state index in [1.807, 2.05) is 6.92 Å². The highest BCUT2D eigenvalue weighted by atomic mass is 32.2. The minimum atomic E-state index is -3.59. The van der Waals surface area contributed by atoms with Crippen LogP contribution in [0.25, 0.3) is 0 Å². The van der Waals surface area contributed by atoms with E-state index in [1.165, 1.54) is 17.4 Å². The van der Waals surface area contributed by atoms with Crippen LogP contribution in [0.5, 0.6) is 5.75 Å². The summed E-state index contributed by atoms with van der Waals surface area (Å²) in [6.07, 6.45) is 3.22. The molecule has 2 rings (SSSR count). The normalized spacial score (nSPS) is 18.1. The number of rotatable bonds is 5. The quantitative estimate of drug-likeness (QED) is 0.902. The van der Waals surface area contributed by atoms with Crippen molar-refractivity contribution < 1.29 is 18.3 Å². The highest BCUT2D eigenvalue weighted by Crippen LogP contribution is 2.31. The SMILES string of the molecule is COc1ccc(S(=O)(=O)N(C)CC2(O)CCCC2)cc1C. The first kappa shape index (κ1) is 16.3. The summed E-state index contributed by atoms with van der Waals surface area (Å²) in [6.45, 7) is 1.95. The third kappa shape index (κ3) is 3.39. The Morgan fingerprint density at radius 3 is 2.48 bits per heavy atom. The fourth-order valence-corrected chi connectivity index (χ4v) is 4.22. The van der Waals surface area contributed by atoms with E-state index < -0.39 is 15.6 Å². The average molecular weight is 313 g/mol. The molecular weight excluding hydrogens is 290 g/mol. The van der Waals surface area contributed by atoms with Crippen LogP contribution >= 0.6 is 0 Å². The Morgan fingerprint density at radius 1 is 1.33 bits per heavy atom. The molecule has 0 spiro atoms. The summed E-state index contributed by atoms with van der Waals surface area (Å²) in [6, 6.07) is 4.79. The van der Waals surface area contributed by atoms with Crippen molar-refractivity contribution in [2.24, 2.45) is 0 Å². The zero-order valence-electron chi connectivity index (χ0n) is 12.8. The molecule has 0 bridgehead atoms. The van der Waals surface area contributed by atoms with Crippen LogP contribution in [0.1, 0.15) is 31.2 Å². The lowest BCUT2D eigenvalue weighted by Gasteiger charge is -2.28. The van der Waals surface area contributed by atoms with Gasteiger partial charge in [-0.1, -0.05) is 12.8 Å². The molecule has 0 amide bonds. The summed E-state index contributed by atoms with van der Waals surface area (Å²) in [4.78, 5) is 0.227. The monoisotopic (exact) mass is 313 g/mol. The summed E-state index contributed by atoms with van der Waals surface area (Å²) in [7, 11) is -0.521. The van der Waals surface area contributed by atoms with Gasteiger partial charge in [0.25, 0.3) is 0 Å². The Hall–Kier alpha value is -1.11. The molecule has 1 fully saturated rings. The molecule has 21 heavy (non-hydrogen) atoms. The van der Waals surface area contributed by atoms with Crippen molar-refractivity contribution in [3.63, 3.8) is 0 Å². The maximum Gasteiger partial charge on any atom is 0.242 e. The molecule has 0 saturated heterocycles. The molecule has 0 aromatic heterocycles. The number of hydrogen-bond acceptors (Lipinski definition) is 4. The van der Waals surface area contributed by atoms with Gasteiger partial charge in [0, 0.05) is 13.6 Å². The molecule has 0 heterocycles. The fourth-order valence-electron chi connectivity index (χ4n) is 2.88. The Bertz CT molecular complexity index is 606. The van der Waals surface area contributed by atoms with E-state index in [0.717, 1.165) is 18.4 Å². The zero-order chi connectivity index (χ0) is 15.7. The van der Waals surface area contributed by atoms with Crippen molar-refractivity contribution in [2.75, 3.05) is 20.7 Å². The molecule has 0 radical (unpaired) electrons. The largest absolute Gasteiger partial charge is 0.496 e. The van der Waals surface area contributed by atoms with Gasteiger partial charge >= 0.3 is 0 Å². The standard InChI is InChI=1S/C15H23NO4S/c1-12-10-13(6-7-14(12)20-3)21(18,19)16(2)11-15(17)8-4-5-9-15/h6-7,10,17H,4-5,8-9,11H2,1-3H3. The molecule has 118 valence electrons. The van der Waals surface area contributed by atoms with Crippen molar-refractivity contribution >= 4 is 10.0 Å². The van der Waals surface area contributed by atoms with Crippen LogP contribution in [0.3, 0.4) is 0 Å². The van der Waals surface area contributed by atoms with Gasteiger partial charge in [0.1, 0.15) is 5.75 Å². The highest BCUT2D eigenvalue weighted by molar-refractivity contribution is 7.89. The van der Waals surface area contributed by atoms with Crippen LogP contribution in [0, 0.1) is 6.92 Å². The predicted octanol–water partition coefficient (Wildman–Crippen LogP) is 1.93. The van der Waals surface area contributed by atoms with Crippen LogP contribution in [-0.4, -0.2) is 44.1 Å². The minimum Gasteiger partial charge on any atom is -0.496 e. The molecule has 1 aliphatic rings. The number of nitrogens with zero attached hydrogens (tertiary/aromatic N) is 1. The maximum atomic E-state index is 12.6. The van der Waals surface area contributed by atoms with Gasteiger partial charge in [0.05, 0.1) is 17.6 Å². The summed E-state index contributed by atoms with van der Waals surface area (Å²) >= 11 is 0. The Morgan fingerprint density at radius 2 is 1.95 bits per heavy atom. The lowest BCUT2D eigenvalue weighted by molar-refractivity contribution is 0.0333. The average Bonchev–Trinajstić information content (AvgIpc) is 2.85. The van der Waals surface area contributed by atoms with E-state index in [0.29, 0.717) is 18.6 Å². The van der Waals surface area contributed by atoms with Gasteiger partial charge in [-0.15, -0.1) is 0 Å². The number of sulfonamides is 1. The van der Waals surface area contributed by atoms with Gasteiger partial charge in [0.2, 0.25) is 10.0 Å². The van der Waals surface area contributed by atoms with Crippen molar-refractivity contribution in [1.29, 1.82) is 0 Å². The van der Waals surface area contributed by atoms with Crippen molar-refractivity contribution in [3.8, 4) is 5.75 Å². The summed E-state index contributed by atoms with van der Waals surface area (Å²) in [5.74, 6) is 0.658. The topological polar surface area (TPSA) is 66.8 Å². The van der Waals surface area contributed by atoms with E-state index in [9.17, 15) is 13.5 Å². The second-order valence-electron chi connectivity index (χ2n) is 5.82. The van der Waals surface area contributed by atoms with E-state index in [-0.39, 0.29) is 11.4 Å². The van der Waals surface area contributed by atoms with Crippen LogP contribution < -0.4 is 4.74 Å². The second kappa shape index (κ2) is 5.94. The Kier molecular flexibility index (Phi) is 4.60. The van der Waals surface area contributed by atoms with E-state index in [1.54, 1.807) is 19.2 Å². The summed E-state index contributed by atoms with van der Waals surface area (Å²) in [5, 5.41) is 10.4. The van der Waals surface area contributed by atoms with Gasteiger partial charge in [-0.25, -0.2) is 8.42 Å². The minimum absolute atomic E-state index is 0.139. The number of benzene rings is 1. The molecule has 1 aromatic carbocycles. The molecule has 1 aliphatic carbocycles. The third-order valence-electron chi connectivity index (χ3n) is 4.13. The fraction of sp³-hybridized carbons (Fsp3) is 0.600. The lowest BCUT2D eigenvalue weighted by atomic mass is 10.0. The predicted molar refractivity (Wildman–Crippen MR) is 81.0 cm³/mol. The van der Waals surface area contributed by atoms with Gasteiger partial charge in [-0.2, -0.15) is 4.31 Å². The third-order valence-corrected chi connectivity index (χ3v) is 5.93. The van der Waals surface area contributed by atoms with Gasteiger partial charge in [0.15, 0.2) is 0 Å². The van der Waals surface area contributed by atoms with Gasteiger partial charge < -0.3 is 9.84 Å². The van der Waals surface area contributed by atoms with E-state index in [2.05, 4.69) is 0 Å². The molecular formula is C15H23NO4S. The first-order chi connectivity index (χ1) is 9.78. The van der Waals surface area contributed by atoms with E-state index >= 15 is 0 Å². The highest BCUT2D eigenvalue weighted by Gasteiger charge is 2.35. The first-order valence-corrected chi connectivity index (χ1v) is 8.56. The lowest BCUT2D eigenvalue weighted by Crippen LogP contribution is -2.41. The van der Waals surface area contributed by atoms with Crippen molar-refractivity contribution in [3.05, 3.63) is 23.8 Å². The maximum absolute atomic E-state index is 12.6. The molecule has 0 unspecified atom stereocenters. The molecule has 1 N–H and O–H groups in total. The zero-order valence-corrected chi connectivity index (χ0v) is 13.6. The molecule has 0 atom stereocenters. The van der Waals surface area contributed by atoms with Crippen LogP contribution in [0.2, 0.25) is 0 Å². The van der Waals surface area contributed by atoms with Crippen LogP contribution in [0.15, 0.2) is 23.1 Å². The number of methoxy groups -OCH3 is 1. The summed E-state index contributed by atoms with van der Waals surface area (Å²) < 4.78 is 31.6. The van der Waals surface area contributed by atoms with E-state index in [4.69, 9.17) is 4.74 Å². The Labute approximate surface area is 126 Å². The number of hydrogen-bond donors (Lipinski definition) is 1. The smallest absolute Gasteiger partial charge is 0.242 e. The number of ether oxygens (including phenoxy) is 1. The molecule has 0 aliphatic heterocycles. The number of likely N-dealkylation sites (N-methyl/N-ethyl adjacent to an activating group) is 1. The Balaban J connectivity index is 2.22. The molecule has 6 heteroatoms. The summed E-state index contributed by atoms with van der Waals surface area (Å²) in [5.41, 5.74) is -0.116.